The molecule has 9 heteroatoms. The van der Waals surface area contributed by atoms with Gasteiger partial charge in [0.2, 0.25) is 0 Å². The Labute approximate surface area is 239 Å². The molecule has 0 radical (unpaired) electrons. The molecule has 0 bridgehead atoms. The van der Waals surface area contributed by atoms with Gasteiger partial charge in [0.15, 0.2) is 5.78 Å². The van der Waals surface area contributed by atoms with E-state index in [0.29, 0.717) is 23.1 Å². The van der Waals surface area contributed by atoms with Crippen molar-refractivity contribution < 1.29 is 18.7 Å². The van der Waals surface area contributed by atoms with Crippen molar-refractivity contribution in [1.29, 1.82) is 0 Å². The van der Waals surface area contributed by atoms with E-state index in [9.17, 15) is 14.0 Å². The molecule has 1 aromatic heterocycles. The summed E-state index contributed by atoms with van der Waals surface area (Å²) >= 11 is 1.37. The average Bonchev–Trinajstić information content (AvgIpc) is 3.33. The summed E-state index contributed by atoms with van der Waals surface area (Å²) in [6, 6.07) is 14.0. The lowest BCUT2D eigenvalue weighted by molar-refractivity contribution is -0.0306. The number of rotatable bonds is 8. The van der Waals surface area contributed by atoms with Gasteiger partial charge in [0.1, 0.15) is 10.8 Å². The molecule has 3 unspecified atom stereocenters. The number of hydrogen-bond acceptors (Lipinski definition) is 6. The number of thiazole rings is 1. The van der Waals surface area contributed by atoms with Gasteiger partial charge in [-0.3, -0.25) is 4.79 Å². The van der Waals surface area contributed by atoms with Crippen LogP contribution in [0.3, 0.4) is 0 Å². The number of aromatic nitrogens is 1. The molecule has 5 rings (SSSR count). The number of ether oxygens (including phenoxy) is 1. The SMILES string of the molecule is CC(=O)c1sc(-c2cccc(NC(=O)NC3CCCOC3CN3CCCC(Cc4ccc(F)cc4)C3)c2)nc1C. The third kappa shape index (κ3) is 7.33. The van der Waals surface area contributed by atoms with E-state index in [1.165, 1.54) is 35.5 Å². The average molecular weight is 565 g/mol. The standard InChI is InChI=1S/C31H37FN4O3S/c1-20-29(21(2)37)40-30(33-20)24-7-3-8-26(17-24)34-31(38)35-27-9-5-15-39-28(27)19-36-14-4-6-23(18-36)16-22-10-12-25(32)13-11-22/h3,7-8,10-13,17,23,27-28H,4-6,9,14-16,18-19H2,1-2H3,(H2,34,35,38). The van der Waals surface area contributed by atoms with Crippen molar-refractivity contribution in [3.05, 3.63) is 70.5 Å². The number of Topliss-reactive ketones (excluding diaryl/α,β-unsaturated/α-hetero) is 1. The van der Waals surface area contributed by atoms with Gasteiger partial charge in [-0.05, 0) is 81.3 Å². The van der Waals surface area contributed by atoms with Crippen LogP contribution in [-0.2, 0) is 11.2 Å². The Balaban J connectivity index is 1.17. The molecule has 40 heavy (non-hydrogen) atoms. The second-order valence-electron chi connectivity index (χ2n) is 10.9. The van der Waals surface area contributed by atoms with E-state index in [1.807, 2.05) is 43.3 Å². The number of nitrogens with zero attached hydrogens (tertiary/aromatic N) is 2. The van der Waals surface area contributed by atoms with Crippen molar-refractivity contribution in [2.24, 2.45) is 5.92 Å². The molecule has 0 spiro atoms. The van der Waals surface area contributed by atoms with Gasteiger partial charge in [-0.1, -0.05) is 24.3 Å². The van der Waals surface area contributed by atoms with Crippen LogP contribution >= 0.6 is 11.3 Å². The maximum atomic E-state index is 13.3. The summed E-state index contributed by atoms with van der Waals surface area (Å²) in [4.78, 5) is 32.5. The van der Waals surface area contributed by atoms with Crippen LogP contribution in [-0.4, -0.2) is 60.1 Å². The predicted octanol–water partition coefficient (Wildman–Crippen LogP) is 6.08. The Morgan fingerprint density at radius 1 is 1.15 bits per heavy atom. The smallest absolute Gasteiger partial charge is 0.319 e. The summed E-state index contributed by atoms with van der Waals surface area (Å²) in [6.45, 7) is 6.87. The number of halogens is 1. The highest BCUT2D eigenvalue weighted by molar-refractivity contribution is 7.17. The fourth-order valence-corrected chi connectivity index (χ4v) is 6.75. The van der Waals surface area contributed by atoms with E-state index in [1.54, 1.807) is 6.92 Å². The predicted molar refractivity (Wildman–Crippen MR) is 156 cm³/mol. The molecule has 3 atom stereocenters. The summed E-state index contributed by atoms with van der Waals surface area (Å²) in [7, 11) is 0. The monoisotopic (exact) mass is 564 g/mol. The topological polar surface area (TPSA) is 83.6 Å². The molecule has 0 aliphatic carbocycles. The van der Waals surface area contributed by atoms with E-state index >= 15 is 0 Å². The normalized spacial score (nSPS) is 21.6. The number of hydrogen-bond donors (Lipinski definition) is 2. The number of urea groups is 1. The van der Waals surface area contributed by atoms with Gasteiger partial charge in [0, 0.05) is 37.9 Å². The van der Waals surface area contributed by atoms with E-state index in [-0.39, 0.29) is 29.8 Å². The van der Waals surface area contributed by atoms with Gasteiger partial charge >= 0.3 is 6.03 Å². The summed E-state index contributed by atoms with van der Waals surface area (Å²) < 4.78 is 19.5. The van der Waals surface area contributed by atoms with Crippen LogP contribution < -0.4 is 10.6 Å². The van der Waals surface area contributed by atoms with Crippen LogP contribution in [0.4, 0.5) is 14.9 Å². The fourth-order valence-electron chi connectivity index (χ4n) is 5.79. The van der Waals surface area contributed by atoms with Crippen LogP contribution in [0.1, 0.15) is 53.5 Å². The molecule has 3 aromatic rings. The first-order valence-electron chi connectivity index (χ1n) is 14.1. The minimum absolute atomic E-state index is 0.00659. The number of benzene rings is 2. The third-order valence-corrected chi connectivity index (χ3v) is 9.03. The lowest BCUT2D eigenvalue weighted by Crippen LogP contribution is -2.53. The number of nitrogens with one attached hydrogen (secondary N) is 2. The highest BCUT2D eigenvalue weighted by Gasteiger charge is 2.31. The first-order valence-corrected chi connectivity index (χ1v) is 14.9. The van der Waals surface area contributed by atoms with Crippen LogP contribution in [0.25, 0.3) is 10.6 Å². The molecule has 2 amide bonds. The maximum absolute atomic E-state index is 13.3. The van der Waals surface area contributed by atoms with Gasteiger partial charge in [-0.15, -0.1) is 11.3 Å². The number of amides is 2. The molecule has 2 aliphatic heterocycles. The Hall–Kier alpha value is -3.14. The van der Waals surface area contributed by atoms with Crippen molar-refractivity contribution in [3.8, 4) is 10.6 Å². The van der Waals surface area contributed by atoms with E-state index < -0.39 is 0 Å². The highest BCUT2D eigenvalue weighted by Crippen LogP contribution is 2.30. The zero-order chi connectivity index (χ0) is 28.1. The lowest BCUT2D eigenvalue weighted by Gasteiger charge is -2.39. The minimum atomic E-state index is -0.259. The third-order valence-electron chi connectivity index (χ3n) is 7.72. The van der Waals surface area contributed by atoms with Crippen LogP contribution in [0.15, 0.2) is 48.5 Å². The molecule has 3 heterocycles. The van der Waals surface area contributed by atoms with Crippen molar-refractivity contribution in [2.45, 2.75) is 58.1 Å². The maximum Gasteiger partial charge on any atom is 0.319 e. The Morgan fingerprint density at radius 3 is 2.75 bits per heavy atom. The number of carbonyl (C=O) groups is 2. The van der Waals surface area contributed by atoms with E-state index in [2.05, 4.69) is 20.5 Å². The number of piperidine rings is 1. The van der Waals surface area contributed by atoms with E-state index in [0.717, 1.165) is 61.6 Å². The fraction of sp³-hybridized carbons (Fsp3) is 0.452. The number of aryl methyl sites for hydroxylation is 1. The van der Waals surface area contributed by atoms with Gasteiger partial charge in [0.05, 0.1) is 22.7 Å². The second-order valence-corrected chi connectivity index (χ2v) is 11.9. The summed E-state index contributed by atoms with van der Waals surface area (Å²) in [5, 5.41) is 6.88. The van der Waals surface area contributed by atoms with Crippen LogP contribution in [0.2, 0.25) is 0 Å². The van der Waals surface area contributed by atoms with Gasteiger partial charge in [0.25, 0.3) is 0 Å². The van der Waals surface area contributed by atoms with Crippen LogP contribution in [0.5, 0.6) is 0 Å². The Morgan fingerprint density at radius 2 is 1.98 bits per heavy atom. The molecule has 7 nitrogen and oxygen atoms in total. The van der Waals surface area contributed by atoms with Crippen LogP contribution in [0, 0.1) is 18.7 Å². The van der Waals surface area contributed by atoms with Gasteiger partial charge in [-0.2, -0.15) is 0 Å². The molecule has 2 aliphatic rings. The number of carbonyl (C=O) groups excluding carboxylic acids is 2. The Kier molecular flexibility index (Phi) is 9.24. The van der Waals surface area contributed by atoms with Gasteiger partial charge < -0.3 is 20.3 Å². The molecule has 212 valence electrons. The van der Waals surface area contributed by atoms with Crippen molar-refractivity contribution in [2.75, 3.05) is 31.6 Å². The first kappa shape index (κ1) is 28.4. The Bertz CT molecular complexity index is 1330. The lowest BCUT2D eigenvalue weighted by atomic mass is 9.90. The number of anilines is 1. The largest absolute Gasteiger partial charge is 0.375 e. The molecular formula is C31H37FN4O3S. The zero-order valence-corrected chi connectivity index (χ0v) is 23.9. The first-order chi connectivity index (χ1) is 19.3. The van der Waals surface area contributed by atoms with Crippen molar-refractivity contribution in [1.82, 2.24) is 15.2 Å². The number of ketones is 1. The quantitative estimate of drug-likeness (QED) is 0.324. The number of likely N-dealkylation sites (tertiary alicyclic amines) is 1. The summed E-state index contributed by atoms with van der Waals surface area (Å²) in [5.41, 5.74) is 3.42. The molecule has 2 aromatic carbocycles. The van der Waals surface area contributed by atoms with Crippen molar-refractivity contribution >= 4 is 28.8 Å². The highest BCUT2D eigenvalue weighted by atomic mass is 32.1. The molecule has 2 fully saturated rings. The summed E-state index contributed by atoms with van der Waals surface area (Å²) in [5.74, 6) is 0.335. The molecular weight excluding hydrogens is 527 g/mol. The minimum Gasteiger partial charge on any atom is -0.375 e. The van der Waals surface area contributed by atoms with Gasteiger partial charge in [-0.25, -0.2) is 14.2 Å². The van der Waals surface area contributed by atoms with E-state index in [4.69, 9.17) is 4.74 Å². The molecule has 2 saturated heterocycles. The summed E-state index contributed by atoms with van der Waals surface area (Å²) in [6.07, 6.45) is 4.95. The molecule has 0 saturated carbocycles. The van der Waals surface area contributed by atoms with Crippen molar-refractivity contribution in [3.63, 3.8) is 0 Å². The second kappa shape index (κ2) is 13.0. The zero-order valence-electron chi connectivity index (χ0n) is 23.1. The molecule has 2 N–H and O–H groups in total.